The lowest BCUT2D eigenvalue weighted by molar-refractivity contribution is -0.127. The minimum atomic E-state index is -0.0652. The highest BCUT2D eigenvalue weighted by Gasteiger charge is 2.10. The van der Waals surface area contributed by atoms with Gasteiger partial charge in [-0.3, -0.25) is 4.79 Å². The molecule has 0 aliphatic rings. The average Bonchev–Trinajstić information content (AvgIpc) is 2.47. The molecule has 0 saturated heterocycles. The standard InChI is InChI=1S/C16H16ClNO/c1-18(16(19)11-17)12-14-9-5-6-10-15(14)13-7-3-2-4-8-13/h2-10H,11-12H2,1H3. The molecule has 0 bridgehead atoms. The molecule has 2 nitrogen and oxygen atoms in total. The van der Waals surface area contributed by atoms with Gasteiger partial charge in [0.25, 0.3) is 0 Å². The van der Waals surface area contributed by atoms with Crippen LogP contribution in [0.3, 0.4) is 0 Å². The largest absolute Gasteiger partial charge is 0.340 e. The molecule has 0 radical (unpaired) electrons. The van der Waals surface area contributed by atoms with Crippen LogP contribution in [-0.4, -0.2) is 23.7 Å². The van der Waals surface area contributed by atoms with E-state index in [9.17, 15) is 4.79 Å². The second-order valence-electron chi connectivity index (χ2n) is 4.41. The molecule has 1 amide bonds. The maximum Gasteiger partial charge on any atom is 0.237 e. The van der Waals surface area contributed by atoms with Gasteiger partial charge in [-0.15, -0.1) is 11.6 Å². The van der Waals surface area contributed by atoms with Gasteiger partial charge in [0, 0.05) is 13.6 Å². The number of rotatable bonds is 4. The molecule has 0 aromatic heterocycles. The van der Waals surface area contributed by atoms with Crippen molar-refractivity contribution < 1.29 is 4.79 Å². The minimum absolute atomic E-state index is 0.0179. The van der Waals surface area contributed by atoms with Gasteiger partial charge in [0.2, 0.25) is 5.91 Å². The van der Waals surface area contributed by atoms with Crippen LogP contribution >= 0.6 is 11.6 Å². The first-order valence-corrected chi connectivity index (χ1v) is 6.69. The Balaban J connectivity index is 2.30. The first-order valence-electron chi connectivity index (χ1n) is 6.15. The Morgan fingerprint density at radius 3 is 2.37 bits per heavy atom. The summed E-state index contributed by atoms with van der Waals surface area (Å²) in [5.41, 5.74) is 3.43. The fourth-order valence-electron chi connectivity index (χ4n) is 2.00. The van der Waals surface area contributed by atoms with Crippen molar-refractivity contribution in [2.24, 2.45) is 0 Å². The minimum Gasteiger partial charge on any atom is -0.340 e. The van der Waals surface area contributed by atoms with E-state index in [4.69, 9.17) is 11.6 Å². The van der Waals surface area contributed by atoms with Crippen LogP contribution in [0.4, 0.5) is 0 Å². The van der Waals surface area contributed by atoms with Gasteiger partial charge >= 0.3 is 0 Å². The molecule has 2 aromatic rings. The summed E-state index contributed by atoms with van der Waals surface area (Å²) in [5, 5.41) is 0. The van der Waals surface area contributed by atoms with Crippen LogP contribution < -0.4 is 0 Å². The van der Waals surface area contributed by atoms with E-state index in [0.717, 1.165) is 16.7 Å². The molecule has 0 aliphatic carbocycles. The van der Waals surface area contributed by atoms with Gasteiger partial charge in [0.1, 0.15) is 5.88 Å². The third kappa shape index (κ3) is 3.36. The van der Waals surface area contributed by atoms with Gasteiger partial charge in [0.05, 0.1) is 0 Å². The Kier molecular flexibility index (Phi) is 4.58. The van der Waals surface area contributed by atoms with Crippen molar-refractivity contribution >= 4 is 17.5 Å². The number of hydrogen-bond acceptors (Lipinski definition) is 1. The molecule has 2 rings (SSSR count). The summed E-state index contributed by atoms with van der Waals surface area (Å²) < 4.78 is 0. The SMILES string of the molecule is CN(Cc1ccccc1-c1ccccc1)C(=O)CCl. The number of carbonyl (C=O) groups is 1. The van der Waals surface area contributed by atoms with Crippen molar-refractivity contribution in [2.75, 3.05) is 12.9 Å². The molecule has 0 saturated carbocycles. The molecule has 0 aliphatic heterocycles. The van der Waals surface area contributed by atoms with E-state index in [0.29, 0.717) is 6.54 Å². The normalized spacial score (nSPS) is 10.2. The highest BCUT2D eigenvalue weighted by molar-refractivity contribution is 6.27. The van der Waals surface area contributed by atoms with Crippen molar-refractivity contribution in [2.45, 2.75) is 6.54 Å². The van der Waals surface area contributed by atoms with Gasteiger partial charge in [-0.05, 0) is 16.7 Å². The van der Waals surface area contributed by atoms with Crippen LogP contribution in [0.15, 0.2) is 54.6 Å². The number of hydrogen-bond donors (Lipinski definition) is 0. The van der Waals surface area contributed by atoms with Crippen LogP contribution in [-0.2, 0) is 11.3 Å². The predicted octanol–water partition coefficient (Wildman–Crippen LogP) is 3.55. The summed E-state index contributed by atoms with van der Waals surface area (Å²) in [5.74, 6) is -0.0474. The second kappa shape index (κ2) is 6.39. The summed E-state index contributed by atoms with van der Waals surface area (Å²) in [7, 11) is 1.77. The summed E-state index contributed by atoms with van der Waals surface area (Å²) in [6.07, 6.45) is 0. The molecule has 2 aromatic carbocycles. The van der Waals surface area contributed by atoms with E-state index in [2.05, 4.69) is 18.2 Å². The molecule has 98 valence electrons. The molecular weight excluding hydrogens is 258 g/mol. The van der Waals surface area contributed by atoms with E-state index in [1.807, 2.05) is 36.4 Å². The summed E-state index contributed by atoms with van der Waals surface area (Å²) >= 11 is 5.58. The molecule has 3 heteroatoms. The smallest absolute Gasteiger partial charge is 0.237 e. The number of halogens is 1. The van der Waals surface area contributed by atoms with Gasteiger partial charge < -0.3 is 4.90 Å². The zero-order valence-corrected chi connectivity index (χ0v) is 11.6. The Labute approximate surface area is 118 Å². The molecular formula is C16H16ClNO. The lowest BCUT2D eigenvalue weighted by atomic mass is 9.99. The molecule has 19 heavy (non-hydrogen) atoms. The highest BCUT2D eigenvalue weighted by atomic mass is 35.5. The summed E-state index contributed by atoms with van der Waals surface area (Å²) in [6, 6.07) is 18.3. The molecule has 0 fully saturated rings. The maximum absolute atomic E-state index is 11.6. The van der Waals surface area contributed by atoms with Crippen molar-refractivity contribution in [1.29, 1.82) is 0 Å². The molecule has 0 atom stereocenters. The van der Waals surface area contributed by atoms with Crippen LogP contribution in [0, 0.1) is 0 Å². The van der Waals surface area contributed by atoms with Gasteiger partial charge in [0.15, 0.2) is 0 Å². The number of amides is 1. The maximum atomic E-state index is 11.6. The molecule has 0 N–H and O–H groups in total. The van der Waals surface area contributed by atoms with E-state index in [1.165, 1.54) is 0 Å². The number of carbonyl (C=O) groups excluding carboxylic acids is 1. The third-order valence-corrected chi connectivity index (χ3v) is 3.28. The topological polar surface area (TPSA) is 20.3 Å². The van der Waals surface area contributed by atoms with Gasteiger partial charge in [-0.25, -0.2) is 0 Å². The van der Waals surface area contributed by atoms with E-state index < -0.39 is 0 Å². The third-order valence-electron chi connectivity index (χ3n) is 3.05. The zero-order valence-electron chi connectivity index (χ0n) is 10.8. The monoisotopic (exact) mass is 273 g/mol. The Morgan fingerprint density at radius 2 is 1.68 bits per heavy atom. The first-order chi connectivity index (χ1) is 9.22. The van der Waals surface area contributed by atoms with Crippen LogP contribution in [0.2, 0.25) is 0 Å². The fraction of sp³-hybridized carbons (Fsp3) is 0.188. The number of alkyl halides is 1. The predicted molar refractivity (Wildman–Crippen MR) is 79.1 cm³/mol. The first kappa shape index (κ1) is 13.6. The average molecular weight is 274 g/mol. The van der Waals surface area contributed by atoms with E-state index >= 15 is 0 Å². The van der Waals surface area contributed by atoms with Crippen LogP contribution in [0.25, 0.3) is 11.1 Å². The number of benzene rings is 2. The molecule has 0 spiro atoms. The Bertz CT molecular complexity index is 554. The van der Waals surface area contributed by atoms with Crippen molar-refractivity contribution in [3.63, 3.8) is 0 Å². The van der Waals surface area contributed by atoms with E-state index in [-0.39, 0.29) is 11.8 Å². The van der Waals surface area contributed by atoms with Crippen LogP contribution in [0.5, 0.6) is 0 Å². The van der Waals surface area contributed by atoms with Crippen molar-refractivity contribution in [3.8, 4) is 11.1 Å². The van der Waals surface area contributed by atoms with E-state index in [1.54, 1.807) is 11.9 Å². The summed E-state index contributed by atoms with van der Waals surface area (Å²) in [4.78, 5) is 13.2. The van der Waals surface area contributed by atoms with Crippen LogP contribution in [0.1, 0.15) is 5.56 Å². The highest BCUT2D eigenvalue weighted by Crippen LogP contribution is 2.24. The van der Waals surface area contributed by atoms with Crippen molar-refractivity contribution in [3.05, 3.63) is 60.2 Å². The molecule has 0 heterocycles. The second-order valence-corrected chi connectivity index (χ2v) is 4.67. The van der Waals surface area contributed by atoms with Gasteiger partial charge in [-0.2, -0.15) is 0 Å². The quantitative estimate of drug-likeness (QED) is 0.780. The Morgan fingerprint density at radius 1 is 1.05 bits per heavy atom. The molecule has 0 unspecified atom stereocenters. The fourth-order valence-corrected chi connectivity index (χ4v) is 2.21. The van der Waals surface area contributed by atoms with Crippen molar-refractivity contribution in [1.82, 2.24) is 4.90 Å². The lowest BCUT2D eigenvalue weighted by Gasteiger charge is -2.18. The number of nitrogens with zero attached hydrogens (tertiary/aromatic N) is 1. The zero-order chi connectivity index (χ0) is 13.7. The lowest BCUT2D eigenvalue weighted by Crippen LogP contribution is -2.27. The summed E-state index contributed by atoms with van der Waals surface area (Å²) in [6.45, 7) is 0.566. The van der Waals surface area contributed by atoms with Gasteiger partial charge in [-0.1, -0.05) is 54.6 Å². The Hall–Kier alpha value is -1.80.